The topological polar surface area (TPSA) is 75.2 Å². The van der Waals surface area contributed by atoms with Gasteiger partial charge in [-0.3, -0.25) is 0 Å². The minimum absolute atomic E-state index is 0.556. The molecule has 106 valence electrons. The number of ether oxygens (including phenoxy) is 1. The smallest absolute Gasteiger partial charge is 0.231 e. The highest BCUT2D eigenvalue weighted by atomic mass is 16.5. The number of nitrogens with one attached hydrogen (secondary N) is 2. The predicted octanol–water partition coefficient (Wildman–Crippen LogP) is 0.818. The number of aromatic nitrogens is 3. The summed E-state index contributed by atoms with van der Waals surface area (Å²) in [5, 5.41) is 6.08. The molecule has 0 amide bonds. The molecule has 1 saturated carbocycles. The van der Waals surface area contributed by atoms with Crippen molar-refractivity contribution in [1.82, 2.24) is 15.0 Å². The minimum atomic E-state index is 0.556. The molecule has 2 N–H and O–H groups in total. The molecule has 1 heterocycles. The maximum absolute atomic E-state index is 5.55. The van der Waals surface area contributed by atoms with Gasteiger partial charge in [-0.15, -0.1) is 0 Å². The van der Waals surface area contributed by atoms with E-state index >= 15 is 0 Å². The van der Waals surface area contributed by atoms with Crippen LogP contribution in [0.2, 0.25) is 0 Å². The second-order valence-corrected chi connectivity index (χ2v) is 4.87. The van der Waals surface area contributed by atoms with E-state index in [1.165, 1.54) is 12.8 Å². The van der Waals surface area contributed by atoms with Crippen molar-refractivity contribution in [1.29, 1.82) is 0 Å². The number of nitrogens with zero attached hydrogens (tertiary/aromatic N) is 4. The average Bonchev–Trinajstić information content (AvgIpc) is 3.22. The summed E-state index contributed by atoms with van der Waals surface area (Å²) in [4.78, 5) is 14.7. The van der Waals surface area contributed by atoms with Gasteiger partial charge in [-0.25, -0.2) is 0 Å². The summed E-state index contributed by atoms with van der Waals surface area (Å²) in [5.74, 6) is 2.55. The van der Waals surface area contributed by atoms with Crippen LogP contribution in [0.4, 0.5) is 17.8 Å². The molecule has 0 saturated heterocycles. The van der Waals surface area contributed by atoms with E-state index < -0.39 is 0 Å². The van der Waals surface area contributed by atoms with Gasteiger partial charge in [0.25, 0.3) is 0 Å². The largest absolute Gasteiger partial charge is 0.379 e. The Labute approximate surface area is 113 Å². The second kappa shape index (κ2) is 6.51. The van der Waals surface area contributed by atoms with Crippen LogP contribution in [-0.2, 0) is 4.74 Å². The number of hydrogen-bond acceptors (Lipinski definition) is 7. The Hall–Kier alpha value is -1.63. The molecule has 1 aliphatic carbocycles. The molecule has 0 unspecified atom stereocenters. The van der Waals surface area contributed by atoms with E-state index in [-0.39, 0.29) is 0 Å². The molecule has 1 aliphatic rings. The van der Waals surface area contributed by atoms with Crippen LogP contribution in [0.15, 0.2) is 0 Å². The van der Waals surface area contributed by atoms with Crippen LogP contribution in [0.3, 0.4) is 0 Å². The van der Waals surface area contributed by atoms with Crippen LogP contribution in [0, 0.1) is 5.92 Å². The molecule has 19 heavy (non-hydrogen) atoms. The first-order valence-electron chi connectivity index (χ1n) is 6.62. The van der Waals surface area contributed by atoms with Gasteiger partial charge >= 0.3 is 0 Å². The molecule has 0 bridgehead atoms. The van der Waals surface area contributed by atoms with E-state index in [0.717, 1.165) is 12.5 Å². The Bertz CT molecular complexity index is 407. The number of anilines is 3. The normalized spacial score (nSPS) is 14.3. The van der Waals surface area contributed by atoms with Crippen molar-refractivity contribution in [3.8, 4) is 0 Å². The van der Waals surface area contributed by atoms with E-state index in [9.17, 15) is 0 Å². The van der Waals surface area contributed by atoms with Gasteiger partial charge in [-0.05, 0) is 18.8 Å². The average molecular weight is 266 g/mol. The van der Waals surface area contributed by atoms with Gasteiger partial charge in [0.1, 0.15) is 0 Å². The lowest BCUT2D eigenvalue weighted by molar-refractivity contribution is 0.133. The summed E-state index contributed by atoms with van der Waals surface area (Å²) in [5.41, 5.74) is 0. The first-order valence-corrected chi connectivity index (χ1v) is 6.62. The summed E-state index contributed by atoms with van der Waals surface area (Å²) < 4.78 is 5.55. The fraction of sp³-hybridized carbons (Fsp3) is 0.750. The molecule has 0 atom stereocenters. The lowest BCUT2D eigenvalue weighted by Crippen LogP contribution is -2.18. The third kappa shape index (κ3) is 4.51. The van der Waals surface area contributed by atoms with Crippen molar-refractivity contribution in [2.75, 3.05) is 56.4 Å². The van der Waals surface area contributed by atoms with Gasteiger partial charge in [-0.2, -0.15) is 15.0 Å². The standard InChI is InChI=1S/C12H22N6O/c1-13-10-15-11(17-12(16-10)18(2)3)14-6-7-19-8-9-4-5-9/h9H,4-8H2,1-3H3,(H2,13,14,15,16,17). The van der Waals surface area contributed by atoms with Gasteiger partial charge in [0.2, 0.25) is 17.8 Å². The first kappa shape index (κ1) is 13.8. The van der Waals surface area contributed by atoms with Crippen LogP contribution in [-0.4, -0.2) is 55.9 Å². The van der Waals surface area contributed by atoms with E-state index in [2.05, 4.69) is 25.6 Å². The molecule has 1 fully saturated rings. The summed E-state index contributed by atoms with van der Waals surface area (Å²) in [6.45, 7) is 2.25. The van der Waals surface area contributed by atoms with E-state index in [4.69, 9.17) is 4.74 Å². The van der Waals surface area contributed by atoms with Crippen LogP contribution in [0.25, 0.3) is 0 Å². The van der Waals surface area contributed by atoms with Crippen LogP contribution < -0.4 is 15.5 Å². The molecule has 1 aromatic rings. The lowest BCUT2D eigenvalue weighted by Gasteiger charge is -2.13. The highest BCUT2D eigenvalue weighted by molar-refractivity contribution is 5.42. The second-order valence-electron chi connectivity index (χ2n) is 4.87. The first-order chi connectivity index (χ1) is 9.19. The fourth-order valence-corrected chi connectivity index (χ4v) is 1.53. The maximum Gasteiger partial charge on any atom is 0.231 e. The zero-order valence-electron chi connectivity index (χ0n) is 11.8. The summed E-state index contributed by atoms with van der Waals surface area (Å²) in [7, 11) is 5.59. The number of hydrogen-bond donors (Lipinski definition) is 2. The Morgan fingerprint density at radius 1 is 1.21 bits per heavy atom. The maximum atomic E-state index is 5.55. The molecule has 0 aliphatic heterocycles. The highest BCUT2D eigenvalue weighted by Gasteiger charge is 2.20. The fourth-order valence-electron chi connectivity index (χ4n) is 1.53. The van der Waals surface area contributed by atoms with Crippen molar-refractivity contribution < 1.29 is 4.74 Å². The van der Waals surface area contributed by atoms with Crippen molar-refractivity contribution in [2.45, 2.75) is 12.8 Å². The molecule has 2 rings (SSSR count). The molecule has 7 heteroatoms. The van der Waals surface area contributed by atoms with Gasteiger partial charge in [-0.1, -0.05) is 0 Å². The summed E-state index contributed by atoms with van der Waals surface area (Å²) in [6.07, 6.45) is 2.64. The lowest BCUT2D eigenvalue weighted by atomic mass is 10.5. The van der Waals surface area contributed by atoms with Crippen LogP contribution in [0.1, 0.15) is 12.8 Å². The summed E-state index contributed by atoms with van der Waals surface area (Å²) >= 11 is 0. The van der Waals surface area contributed by atoms with Crippen molar-refractivity contribution in [3.05, 3.63) is 0 Å². The van der Waals surface area contributed by atoms with E-state index in [1.54, 1.807) is 7.05 Å². The van der Waals surface area contributed by atoms with Crippen LogP contribution in [0.5, 0.6) is 0 Å². The molecule has 0 spiro atoms. The zero-order chi connectivity index (χ0) is 13.7. The Morgan fingerprint density at radius 2 is 1.95 bits per heavy atom. The van der Waals surface area contributed by atoms with Gasteiger partial charge in [0.15, 0.2) is 0 Å². The molecular weight excluding hydrogens is 244 g/mol. The molecule has 0 aromatic carbocycles. The zero-order valence-corrected chi connectivity index (χ0v) is 11.8. The Morgan fingerprint density at radius 3 is 2.58 bits per heavy atom. The third-order valence-corrected chi connectivity index (χ3v) is 2.83. The van der Waals surface area contributed by atoms with Crippen molar-refractivity contribution in [2.24, 2.45) is 5.92 Å². The Balaban J connectivity index is 1.81. The van der Waals surface area contributed by atoms with E-state index in [1.807, 2.05) is 19.0 Å². The van der Waals surface area contributed by atoms with E-state index in [0.29, 0.717) is 31.0 Å². The van der Waals surface area contributed by atoms with Gasteiger partial charge in [0, 0.05) is 34.3 Å². The monoisotopic (exact) mass is 266 g/mol. The molecule has 7 nitrogen and oxygen atoms in total. The Kier molecular flexibility index (Phi) is 4.73. The SMILES string of the molecule is CNc1nc(NCCOCC2CC2)nc(N(C)C)n1. The minimum Gasteiger partial charge on any atom is -0.379 e. The third-order valence-electron chi connectivity index (χ3n) is 2.83. The molecule has 0 radical (unpaired) electrons. The van der Waals surface area contributed by atoms with Crippen molar-refractivity contribution in [3.63, 3.8) is 0 Å². The molecular formula is C12H22N6O. The van der Waals surface area contributed by atoms with Gasteiger partial charge < -0.3 is 20.3 Å². The van der Waals surface area contributed by atoms with Crippen LogP contribution >= 0.6 is 0 Å². The van der Waals surface area contributed by atoms with Crippen molar-refractivity contribution >= 4 is 17.8 Å². The predicted molar refractivity (Wildman–Crippen MR) is 75.7 cm³/mol. The molecule has 1 aromatic heterocycles. The quantitative estimate of drug-likeness (QED) is 0.675. The summed E-state index contributed by atoms with van der Waals surface area (Å²) in [6, 6.07) is 0. The number of rotatable bonds is 8. The van der Waals surface area contributed by atoms with Gasteiger partial charge in [0.05, 0.1) is 6.61 Å². The highest BCUT2D eigenvalue weighted by Crippen LogP contribution is 2.28.